The first-order valence-electron chi connectivity index (χ1n) is 6.46. The van der Waals surface area contributed by atoms with Gasteiger partial charge in [-0.15, -0.1) is 0 Å². The minimum atomic E-state index is 0.125. The van der Waals surface area contributed by atoms with Crippen LogP contribution >= 0.6 is 0 Å². The van der Waals surface area contributed by atoms with Gasteiger partial charge in [0.05, 0.1) is 6.61 Å². The smallest absolute Gasteiger partial charge is 0.221 e. The summed E-state index contributed by atoms with van der Waals surface area (Å²) in [5.41, 5.74) is 0. The quantitative estimate of drug-likeness (QED) is 0.628. The van der Waals surface area contributed by atoms with Gasteiger partial charge >= 0.3 is 0 Å². The fraction of sp³-hybridized carbons (Fsp3) is 0.917. The summed E-state index contributed by atoms with van der Waals surface area (Å²) in [4.78, 5) is 16.3. The molecule has 1 N–H and O–H groups in total. The number of hydrogen-bond acceptors (Lipinski definition) is 4. The van der Waals surface area contributed by atoms with Crippen molar-refractivity contribution in [3.63, 3.8) is 0 Å². The van der Waals surface area contributed by atoms with Crippen molar-refractivity contribution in [1.82, 2.24) is 15.1 Å². The van der Waals surface area contributed by atoms with Crippen LogP contribution in [0, 0.1) is 0 Å². The van der Waals surface area contributed by atoms with Gasteiger partial charge in [-0.2, -0.15) is 0 Å². The molecule has 1 aliphatic heterocycles. The zero-order valence-corrected chi connectivity index (χ0v) is 11.1. The number of hydrogen-bond donors (Lipinski definition) is 1. The Kier molecular flexibility index (Phi) is 7.16. The molecule has 1 rings (SSSR count). The van der Waals surface area contributed by atoms with Crippen molar-refractivity contribution in [2.45, 2.75) is 13.3 Å². The minimum Gasteiger partial charge on any atom is -0.383 e. The summed E-state index contributed by atoms with van der Waals surface area (Å²) in [7, 11) is 1.64. The molecule has 5 heteroatoms. The zero-order valence-electron chi connectivity index (χ0n) is 11.1. The van der Waals surface area contributed by atoms with E-state index in [1.807, 2.05) is 0 Å². The lowest BCUT2D eigenvalue weighted by Crippen LogP contribution is -2.47. The highest BCUT2D eigenvalue weighted by molar-refractivity contribution is 5.76. The van der Waals surface area contributed by atoms with Gasteiger partial charge in [-0.3, -0.25) is 4.79 Å². The molecule has 1 heterocycles. The first-order valence-corrected chi connectivity index (χ1v) is 6.46. The largest absolute Gasteiger partial charge is 0.383 e. The number of amides is 1. The molecule has 100 valence electrons. The van der Waals surface area contributed by atoms with E-state index in [1.165, 1.54) is 0 Å². The van der Waals surface area contributed by atoms with E-state index in [4.69, 9.17) is 4.74 Å². The lowest BCUT2D eigenvalue weighted by molar-refractivity contribution is -0.121. The van der Waals surface area contributed by atoms with Crippen molar-refractivity contribution in [3.05, 3.63) is 0 Å². The molecule has 0 aliphatic carbocycles. The number of rotatable bonds is 7. The third-order valence-corrected chi connectivity index (χ3v) is 3.20. The van der Waals surface area contributed by atoms with Gasteiger partial charge in [0.15, 0.2) is 0 Å². The van der Waals surface area contributed by atoms with Gasteiger partial charge in [0.1, 0.15) is 0 Å². The Morgan fingerprint density at radius 1 is 1.24 bits per heavy atom. The van der Waals surface area contributed by atoms with Gasteiger partial charge in [0.25, 0.3) is 0 Å². The first-order chi connectivity index (χ1) is 8.26. The molecule has 0 aromatic carbocycles. The average molecular weight is 243 g/mol. The number of carbonyl (C=O) groups is 1. The molecule has 0 saturated carbocycles. The van der Waals surface area contributed by atoms with Crippen LogP contribution in [0.25, 0.3) is 0 Å². The maximum Gasteiger partial charge on any atom is 0.221 e. The minimum absolute atomic E-state index is 0.125. The fourth-order valence-electron chi connectivity index (χ4n) is 1.97. The molecule has 0 radical (unpaired) electrons. The predicted octanol–water partition coefficient (Wildman–Crippen LogP) is -0.223. The second kappa shape index (κ2) is 8.44. The first kappa shape index (κ1) is 14.4. The molecular formula is C12H25N3O2. The second-order valence-electron chi connectivity index (χ2n) is 4.37. The van der Waals surface area contributed by atoms with Gasteiger partial charge in [-0.25, -0.2) is 0 Å². The van der Waals surface area contributed by atoms with Crippen LogP contribution in [0.5, 0.6) is 0 Å². The molecule has 17 heavy (non-hydrogen) atoms. The van der Waals surface area contributed by atoms with E-state index in [0.717, 1.165) is 39.3 Å². The summed E-state index contributed by atoms with van der Waals surface area (Å²) in [5, 5.41) is 2.84. The summed E-state index contributed by atoms with van der Waals surface area (Å²) in [5.74, 6) is 0.125. The summed E-state index contributed by atoms with van der Waals surface area (Å²) in [6, 6.07) is 0. The Bertz CT molecular complexity index is 216. The number of likely N-dealkylation sites (N-methyl/N-ethyl adjacent to an activating group) is 1. The van der Waals surface area contributed by atoms with Crippen molar-refractivity contribution in [3.8, 4) is 0 Å². The normalized spacial score (nSPS) is 18.2. The molecule has 1 aliphatic rings. The molecule has 0 unspecified atom stereocenters. The lowest BCUT2D eigenvalue weighted by Gasteiger charge is -2.33. The molecular weight excluding hydrogens is 218 g/mol. The Morgan fingerprint density at radius 3 is 2.47 bits per heavy atom. The average Bonchev–Trinajstić information content (AvgIpc) is 2.37. The summed E-state index contributed by atoms with van der Waals surface area (Å²) >= 11 is 0. The maximum absolute atomic E-state index is 11.5. The highest BCUT2D eigenvalue weighted by atomic mass is 16.5. The van der Waals surface area contributed by atoms with Crippen molar-refractivity contribution in [2.75, 3.05) is 59.5 Å². The molecule has 0 aromatic heterocycles. The van der Waals surface area contributed by atoms with E-state index in [0.29, 0.717) is 19.6 Å². The highest BCUT2D eigenvalue weighted by Crippen LogP contribution is 2.01. The van der Waals surface area contributed by atoms with Gasteiger partial charge in [0, 0.05) is 52.8 Å². The van der Waals surface area contributed by atoms with E-state index < -0.39 is 0 Å². The number of carbonyl (C=O) groups excluding carboxylic acids is 1. The van der Waals surface area contributed by atoms with Crippen LogP contribution in [-0.2, 0) is 9.53 Å². The fourth-order valence-corrected chi connectivity index (χ4v) is 1.97. The van der Waals surface area contributed by atoms with Crippen LogP contribution in [0.15, 0.2) is 0 Å². The van der Waals surface area contributed by atoms with Crippen molar-refractivity contribution >= 4 is 5.91 Å². The third-order valence-electron chi connectivity index (χ3n) is 3.20. The third kappa shape index (κ3) is 6.00. The van der Waals surface area contributed by atoms with Gasteiger partial charge in [-0.05, 0) is 6.54 Å². The molecule has 5 nitrogen and oxygen atoms in total. The monoisotopic (exact) mass is 243 g/mol. The topological polar surface area (TPSA) is 44.8 Å². The number of nitrogens with zero attached hydrogens (tertiary/aromatic N) is 2. The Labute approximate surface area is 104 Å². The molecule has 0 atom stereocenters. The summed E-state index contributed by atoms with van der Waals surface area (Å²) in [6.45, 7) is 9.81. The molecule has 0 spiro atoms. The highest BCUT2D eigenvalue weighted by Gasteiger charge is 2.15. The second-order valence-corrected chi connectivity index (χ2v) is 4.37. The van der Waals surface area contributed by atoms with Crippen molar-refractivity contribution < 1.29 is 9.53 Å². The SMILES string of the molecule is CCN1CCN(CCC(=O)NCCOC)CC1. The van der Waals surface area contributed by atoms with E-state index in [1.54, 1.807) is 7.11 Å². The number of nitrogens with one attached hydrogen (secondary N) is 1. The molecule has 1 saturated heterocycles. The van der Waals surface area contributed by atoms with E-state index in [2.05, 4.69) is 22.0 Å². The summed E-state index contributed by atoms with van der Waals surface area (Å²) in [6.07, 6.45) is 0.593. The lowest BCUT2D eigenvalue weighted by atomic mass is 10.3. The molecule has 1 amide bonds. The Balaban J connectivity index is 2.04. The van der Waals surface area contributed by atoms with Crippen molar-refractivity contribution in [2.24, 2.45) is 0 Å². The Hall–Kier alpha value is -0.650. The van der Waals surface area contributed by atoms with Crippen LogP contribution in [0.4, 0.5) is 0 Å². The maximum atomic E-state index is 11.5. The van der Waals surface area contributed by atoms with Crippen LogP contribution in [-0.4, -0.2) is 75.2 Å². The molecule has 1 fully saturated rings. The van der Waals surface area contributed by atoms with Gasteiger partial charge in [-0.1, -0.05) is 6.92 Å². The zero-order chi connectivity index (χ0) is 12.5. The van der Waals surface area contributed by atoms with Gasteiger partial charge in [0.2, 0.25) is 5.91 Å². The molecule has 0 bridgehead atoms. The van der Waals surface area contributed by atoms with Crippen LogP contribution in [0.1, 0.15) is 13.3 Å². The van der Waals surface area contributed by atoms with E-state index >= 15 is 0 Å². The number of piperazine rings is 1. The molecule has 0 aromatic rings. The number of ether oxygens (including phenoxy) is 1. The standard InChI is InChI=1S/C12H25N3O2/c1-3-14-7-9-15(10-8-14)6-4-12(16)13-5-11-17-2/h3-11H2,1-2H3,(H,13,16). The number of methoxy groups -OCH3 is 1. The predicted molar refractivity (Wildman–Crippen MR) is 68.1 cm³/mol. The van der Waals surface area contributed by atoms with Crippen molar-refractivity contribution in [1.29, 1.82) is 0 Å². The van der Waals surface area contributed by atoms with E-state index in [-0.39, 0.29) is 5.91 Å². The van der Waals surface area contributed by atoms with Crippen LogP contribution in [0.2, 0.25) is 0 Å². The van der Waals surface area contributed by atoms with E-state index in [9.17, 15) is 4.79 Å². The van der Waals surface area contributed by atoms with Crippen LogP contribution < -0.4 is 5.32 Å². The Morgan fingerprint density at radius 2 is 1.88 bits per heavy atom. The van der Waals surface area contributed by atoms with Crippen LogP contribution in [0.3, 0.4) is 0 Å². The summed E-state index contributed by atoms with van der Waals surface area (Å²) < 4.78 is 4.88. The van der Waals surface area contributed by atoms with Gasteiger partial charge < -0.3 is 19.9 Å².